The summed E-state index contributed by atoms with van der Waals surface area (Å²) in [4.78, 5) is 11.9. The van der Waals surface area contributed by atoms with Crippen molar-refractivity contribution in [1.82, 2.24) is 5.32 Å². The van der Waals surface area contributed by atoms with Crippen molar-refractivity contribution in [2.24, 2.45) is 0 Å². The second kappa shape index (κ2) is 6.70. The summed E-state index contributed by atoms with van der Waals surface area (Å²) in [6.07, 6.45) is 1.62. The summed E-state index contributed by atoms with van der Waals surface area (Å²) in [7, 11) is 0. The van der Waals surface area contributed by atoms with E-state index >= 15 is 0 Å². The van der Waals surface area contributed by atoms with E-state index in [0.717, 1.165) is 0 Å². The number of carbonyl (C=O) groups excluding carboxylic acids is 1. The van der Waals surface area contributed by atoms with Gasteiger partial charge in [0.15, 0.2) is 0 Å². The molecule has 0 fully saturated rings. The van der Waals surface area contributed by atoms with E-state index in [1.807, 2.05) is 0 Å². The fourth-order valence-electron chi connectivity index (χ4n) is 1.28. The van der Waals surface area contributed by atoms with E-state index < -0.39 is 0 Å². The lowest BCUT2D eigenvalue weighted by Gasteiger charge is -2.13. The van der Waals surface area contributed by atoms with Crippen LogP contribution in [0.25, 0.3) is 0 Å². The maximum Gasteiger partial charge on any atom is 0.255 e. The van der Waals surface area contributed by atoms with Crippen LogP contribution in [0.4, 0.5) is 0 Å². The molecule has 0 bridgehead atoms. The first-order valence-electron chi connectivity index (χ1n) is 5.43. The molecule has 0 aliphatic heterocycles. The van der Waals surface area contributed by atoms with Gasteiger partial charge in [-0.3, -0.25) is 4.79 Å². The topological polar surface area (TPSA) is 58.6 Å². The van der Waals surface area contributed by atoms with Crippen LogP contribution in [-0.4, -0.2) is 30.3 Å². The van der Waals surface area contributed by atoms with Gasteiger partial charge in [-0.05, 0) is 19.1 Å². The summed E-state index contributed by atoms with van der Waals surface area (Å²) < 4.78 is 5.38. The molecule has 4 nitrogen and oxygen atoms in total. The molecule has 1 atom stereocenters. The molecule has 4 heteroatoms. The van der Waals surface area contributed by atoms with Crippen molar-refractivity contribution in [1.29, 1.82) is 0 Å². The Morgan fingerprint density at radius 1 is 1.59 bits per heavy atom. The van der Waals surface area contributed by atoms with Crippen molar-refractivity contribution >= 4 is 5.91 Å². The summed E-state index contributed by atoms with van der Waals surface area (Å²) in [5.41, 5.74) is 0.453. The molecule has 1 rings (SSSR count). The van der Waals surface area contributed by atoms with Gasteiger partial charge in [0.2, 0.25) is 0 Å². The molecule has 0 spiro atoms. The van der Waals surface area contributed by atoms with Gasteiger partial charge in [0.25, 0.3) is 5.91 Å². The minimum Gasteiger partial charge on any atom is -0.489 e. The average molecular weight is 235 g/mol. The molecule has 0 saturated carbocycles. The second-order valence-electron chi connectivity index (χ2n) is 3.65. The maximum atomic E-state index is 11.9. The third kappa shape index (κ3) is 3.92. The highest BCUT2D eigenvalue weighted by Crippen LogP contribution is 2.17. The number of aliphatic hydroxyl groups excluding tert-OH is 1. The van der Waals surface area contributed by atoms with E-state index in [9.17, 15) is 4.79 Å². The smallest absolute Gasteiger partial charge is 0.255 e. The van der Waals surface area contributed by atoms with Crippen molar-refractivity contribution in [2.45, 2.75) is 13.0 Å². The zero-order chi connectivity index (χ0) is 12.7. The molecular formula is C13H17NO3. The SMILES string of the molecule is C=CCOc1ccccc1C(=O)NC(C)CO. The van der Waals surface area contributed by atoms with Gasteiger partial charge in [-0.2, -0.15) is 0 Å². The third-order valence-electron chi connectivity index (χ3n) is 2.14. The van der Waals surface area contributed by atoms with Crippen molar-refractivity contribution in [2.75, 3.05) is 13.2 Å². The number of benzene rings is 1. The number of para-hydroxylation sites is 1. The van der Waals surface area contributed by atoms with E-state index in [0.29, 0.717) is 17.9 Å². The molecule has 0 aromatic heterocycles. The molecule has 1 aromatic carbocycles. The Kier molecular flexibility index (Phi) is 5.23. The van der Waals surface area contributed by atoms with Gasteiger partial charge in [-0.15, -0.1) is 0 Å². The summed E-state index contributed by atoms with van der Waals surface area (Å²) in [6.45, 7) is 5.53. The van der Waals surface area contributed by atoms with Crippen LogP contribution in [0.15, 0.2) is 36.9 Å². The monoisotopic (exact) mass is 235 g/mol. The Labute approximate surface area is 101 Å². The summed E-state index contributed by atoms with van der Waals surface area (Å²) >= 11 is 0. The zero-order valence-corrected chi connectivity index (χ0v) is 9.85. The Morgan fingerprint density at radius 2 is 2.29 bits per heavy atom. The van der Waals surface area contributed by atoms with E-state index in [-0.39, 0.29) is 18.6 Å². The normalized spacial score (nSPS) is 11.6. The Bertz CT molecular complexity index is 390. The molecule has 17 heavy (non-hydrogen) atoms. The van der Waals surface area contributed by atoms with E-state index in [4.69, 9.17) is 9.84 Å². The fourth-order valence-corrected chi connectivity index (χ4v) is 1.28. The summed E-state index contributed by atoms with van der Waals surface area (Å²) in [5, 5.41) is 11.5. The average Bonchev–Trinajstić information content (AvgIpc) is 2.36. The summed E-state index contributed by atoms with van der Waals surface area (Å²) in [5.74, 6) is 0.251. The van der Waals surface area contributed by atoms with Gasteiger partial charge < -0.3 is 15.2 Å². The maximum absolute atomic E-state index is 11.9. The molecule has 0 aliphatic carbocycles. The molecule has 0 heterocycles. The van der Waals surface area contributed by atoms with E-state index in [1.165, 1.54) is 0 Å². The van der Waals surface area contributed by atoms with Crippen molar-refractivity contribution < 1.29 is 14.6 Å². The van der Waals surface area contributed by atoms with Crippen molar-refractivity contribution in [3.05, 3.63) is 42.5 Å². The summed E-state index contributed by atoms with van der Waals surface area (Å²) in [6, 6.07) is 6.68. The van der Waals surface area contributed by atoms with E-state index in [1.54, 1.807) is 37.3 Å². The quantitative estimate of drug-likeness (QED) is 0.732. The lowest BCUT2D eigenvalue weighted by atomic mass is 10.2. The highest BCUT2D eigenvalue weighted by Gasteiger charge is 2.13. The largest absolute Gasteiger partial charge is 0.489 e. The van der Waals surface area contributed by atoms with Gasteiger partial charge >= 0.3 is 0 Å². The van der Waals surface area contributed by atoms with Crippen molar-refractivity contribution in [3.8, 4) is 5.75 Å². The van der Waals surface area contributed by atoms with Crippen LogP contribution in [-0.2, 0) is 0 Å². The van der Waals surface area contributed by atoms with Crippen LogP contribution in [0, 0.1) is 0 Å². The molecule has 0 aliphatic rings. The van der Waals surface area contributed by atoms with Gasteiger partial charge in [-0.1, -0.05) is 24.8 Å². The first kappa shape index (κ1) is 13.3. The Hall–Kier alpha value is -1.81. The van der Waals surface area contributed by atoms with Crippen LogP contribution < -0.4 is 10.1 Å². The third-order valence-corrected chi connectivity index (χ3v) is 2.14. The lowest BCUT2D eigenvalue weighted by molar-refractivity contribution is 0.0918. The number of carbonyl (C=O) groups is 1. The molecule has 2 N–H and O–H groups in total. The standard InChI is InChI=1S/C13H17NO3/c1-3-8-17-12-7-5-4-6-11(12)13(16)14-10(2)9-15/h3-7,10,15H,1,8-9H2,2H3,(H,14,16). The van der Waals surface area contributed by atoms with Crippen molar-refractivity contribution in [3.63, 3.8) is 0 Å². The molecule has 1 unspecified atom stereocenters. The zero-order valence-electron chi connectivity index (χ0n) is 9.85. The number of aliphatic hydroxyl groups is 1. The number of rotatable bonds is 6. The minimum atomic E-state index is -0.282. The van der Waals surface area contributed by atoms with Crippen LogP contribution in [0.3, 0.4) is 0 Å². The number of hydrogen-bond donors (Lipinski definition) is 2. The molecule has 92 valence electrons. The van der Waals surface area contributed by atoms with E-state index in [2.05, 4.69) is 11.9 Å². The number of ether oxygens (including phenoxy) is 1. The molecule has 0 saturated heterocycles. The van der Waals surface area contributed by atoms with Gasteiger partial charge in [0, 0.05) is 6.04 Å². The fraction of sp³-hybridized carbons (Fsp3) is 0.308. The second-order valence-corrected chi connectivity index (χ2v) is 3.65. The predicted molar refractivity (Wildman–Crippen MR) is 66.1 cm³/mol. The number of nitrogens with one attached hydrogen (secondary N) is 1. The van der Waals surface area contributed by atoms with Gasteiger partial charge in [0.05, 0.1) is 12.2 Å². The Morgan fingerprint density at radius 3 is 2.94 bits per heavy atom. The lowest BCUT2D eigenvalue weighted by Crippen LogP contribution is -2.35. The molecular weight excluding hydrogens is 218 g/mol. The number of hydrogen-bond acceptors (Lipinski definition) is 3. The van der Waals surface area contributed by atoms with Gasteiger partial charge in [0.1, 0.15) is 12.4 Å². The van der Waals surface area contributed by atoms with Crippen LogP contribution in [0.5, 0.6) is 5.75 Å². The first-order valence-corrected chi connectivity index (χ1v) is 5.43. The predicted octanol–water partition coefficient (Wildman–Crippen LogP) is 1.36. The van der Waals surface area contributed by atoms with Crippen LogP contribution in [0.2, 0.25) is 0 Å². The first-order chi connectivity index (χ1) is 8.19. The van der Waals surface area contributed by atoms with Crippen LogP contribution in [0.1, 0.15) is 17.3 Å². The number of amides is 1. The molecule has 1 aromatic rings. The Balaban J connectivity index is 2.80. The van der Waals surface area contributed by atoms with Gasteiger partial charge in [-0.25, -0.2) is 0 Å². The highest BCUT2D eigenvalue weighted by molar-refractivity contribution is 5.97. The van der Waals surface area contributed by atoms with Crippen LogP contribution >= 0.6 is 0 Å². The molecule has 0 radical (unpaired) electrons. The minimum absolute atomic E-state index is 0.0958. The molecule has 1 amide bonds. The highest BCUT2D eigenvalue weighted by atomic mass is 16.5.